The van der Waals surface area contributed by atoms with Crippen molar-refractivity contribution >= 4 is 12.0 Å². The summed E-state index contributed by atoms with van der Waals surface area (Å²) < 4.78 is 15.0. The molecule has 5 nitrogen and oxygen atoms in total. The van der Waals surface area contributed by atoms with Gasteiger partial charge in [0.05, 0.1) is 17.4 Å². The Morgan fingerprint density at radius 3 is 2.48 bits per heavy atom. The zero-order chi connectivity index (χ0) is 22.0. The molecular formula is C25H27FN4O. The smallest absolute Gasteiger partial charge is 0.247 e. The molecule has 0 radical (unpaired) electrons. The third-order valence-electron chi connectivity index (χ3n) is 5.86. The molecule has 0 aliphatic carbocycles. The van der Waals surface area contributed by atoms with E-state index in [1.807, 2.05) is 43.0 Å². The average molecular weight is 419 g/mol. The Morgan fingerprint density at radius 1 is 1.06 bits per heavy atom. The van der Waals surface area contributed by atoms with Crippen LogP contribution in [0.15, 0.2) is 60.7 Å². The number of hydrogen-bond donors (Lipinski definition) is 0. The lowest BCUT2D eigenvalue weighted by Crippen LogP contribution is -2.48. The molecule has 0 saturated carbocycles. The van der Waals surface area contributed by atoms with E-state index in [9.17, 15) is 9.18 Å². The molecule has 1 saturated heterocycles. The van der Waals surface area contributed by atoms with Crippen LogP contribution in [0.1, 0.15) is 28.6 Å². The first kappa shape index (κ1) is 21.0. The minimum atomic E-state index is -0.281. The Hall–Kier alpha value is -3.25. The zero-order valence-corrected chi connectivity index (χ0v) is 18.1. The quantitative estimate of drug-likeness (QED) is 0.598. The van der Waals surface area contributed by atoms with Crippen LogP contribution in [-0.2, 0) is 4.79 Å². The zero-order valence-electron chi connectivity index (χ0n) is 18.1. The Kier molecular flexibility index (Phi) is 6.00. The molecule has 1 aliphatic rings. The highest BCUT2D eigenvalue weighted by atomic mass is 19.1. The first-order chi connectivity index (χ1) is 14.9. The highest BCUT2D eigenvalue weighted by Crippen LogP contribution is 2.26. The summed E-state index contributed by atoms with van der Waals surface area (Å²) in [5.74, 6) is -0.286. The Labute approximate surface area is 182 Å². The van der Waals surface area contributed by atoms with Crippen molar-refractivity contribution < 1.29 is 9.18 Å². The molecule has 3 aromatic rings. The second-order valence-electron chi connectivity index (χ2n) is 8.03. The van der Waals surface area contributed by atoms with E-state index >= 15 is 0 Å². The van der Waals surface area contributed by atoms with Crippen LogP contribution >= 0.6 is 0 Å². The molecule has 2 aromatic carbocycles. The molecular weight excluding hydrogens is 391 g/mol. The number of nitrogens with zero attached hydrogens (tertiary/aromatic N) is 4. The van der Waals surface area contributed by atoms with Gasteiger partial charge in [-0.05, 0) is 56.8 Å². The first-order valence-corrected chi connectivity index (χ1v) is 10.5. The minimum absolute atomic E-state index is 0.00437. The monoisotopic (exact) mass is 418 g/mol. The van der Waals surface area contributed by atoms with Crippen LogP contribution < -0.4 is 0 Å². The molecule has 1 aromatic heterocycles. The number of amides is 1. The lowest BCUT2D eigenvalue weighted by molar-refractivity contribution is -0.130. The van der Waals surface area contributed by atoms with Gasteiger partial charge in [-0.1, -0.05) is 30.3 Å². The lowest BCUT2D eigenvalue weighted by Gasteiger charge is -2.39. The highest BCUT2D eigenvalue weighted by molar-refractivity contribution is 5.92. The molecule has 0 spiro atoms. The summed E-state index contributed by atoms with van der Waals surface area (Å²) in [6.07, 6.45) is 3.49. The van der Waals surface area contributed by atoms with Crippen LogP contribution in [0, 0.1) is 19.7 Å². The normalized spacial score (nSPS) is 17.4. The number of halogens is 1. The maximum atomic E-state index is 13.3. The SMILES string of the molecule is Cc1nn(-c2ccc(F)cc2)c(C)c1/C=C/C(=O)N1CCN(C)CC1c1ccccc1. The van der Waals surface area contributed by atoms with Gasteiger partial charge in [-0.15, -0.1) is 0 Å². The van der Waals surface area contributed by atoms with Gasteiger partial charge in [0.15, 0.2) is 0 Å². The Morgan fingerprint density at radius 2 is 1.77 bits per heavy atom. The van der Waals surface area contributed by atoms with Crippen molar-refractivity contribution in [2.24, 2.45) is 0 Å². The molecule has 160 valence electrons. The van der Waals surface area contributed by atoms with Gasteiger partial charge in [0.1, 0.15) is 5.82 Å². The third kappa shape index (κ3) is 4.44. The van der Waals surface area contributed by atoms with Crippen molar-refractivity contribution in [1.82, 2.24) is 19.6 Å². The van der Waals surface area contributed by atoms with E-state index in [1.165, 1.54) is 12.1 Å². The van der Waals surface area contributed by atoms with E-state index in [0.717, 1.165) is 41.3 Å². The number of likely N-dealkylation sites (N-methyl/N-ethyl adjacent to an activating group) is 1. The van der Waals surface area contributed by atoms with Crippen molar-refractivity contribution in [3.05, 3.63) is 89.0 Å². The summed E-state index contributed by atoms with van der Waals surface area (Å²) in [6.45, 7) is 6.22. The summed E-state index contributed by atoms with van der Waals surface area (Å²) in [5, 5.41) is 4.58. The summed E-state index contributed by atoms with van der Waals surface area (Å²) in [4.78, 5) is 17.4. The van der Waals surface area contributed by atoms with E-state index in [1.54, 1.807) is 22.9 Å². The third-order valence-corrected chi connectivity index (χ3v) is 5.86. The maximum Gasteiger partial charge on any atom is 0.247 e. The second kappa shape index (κ2) is 8.86. The molecule has 2 heterocycles. The van der Waals surface area contributed by atoms with Crippen molar-refractivity contribution in [3.63, 3.8) is 0 Å². The Balaban J connectivity index is 1.58. The molecule has 1 atom stereocenters. The lowest BCUT2D eigenvalue weighted by atomic mass is 10.0. The van der Waals surface area contributed by atoms with E-state index in [0.29, 0.717) is 6.54 Å². The molecule has 1 aliphatic heterocycles. The van der Waals surface area contributed by atoms with Crippen LogP contribution in [0.5, 0.6) is 0 Å². The molecule has 31 heavy (non-hydrogen) atoms. The van der Waals surface area contributed by atoms with E-state index in [4.69, 9.17) is 0 Å². The number of aromatic nitrogens is 2. The molecule has 0 bridgehead atoms. The summed E-state index contributed by atoms with van der Waals surface area (Å²) in [5.41, 5.74) is 4.57. The van der Waals surface area contributed by atoms with E-state index in [-0.39, 0.29) is 17.8 Å². The van der Waals surface area contributed by atoms with Gasteiger partial charge in [0.25, 0.3) is 0 Å². The van der Waals surface area contributed by atoms with Gasteiger partial charge >= 0.3 is 0 Å². The summed E-state index contributed by atoms with van der Waals surface area (Å²) in [6, 6.07) is 16.4. The fourth-order valence-corrected chi connectivity index (χ4v) is 4.12. The fraction of sp³-hybridized carbons (Fsp3) is 0.280. The largest absolute Gasteiger partial charge is 0.330 e. The minimum Gasteiger partial charge on any atom is -0.330 e. The first-order valence-electron chi connectivity index (χ1n) is 10.5. The van der Waals surface area contributed by atoms with Crippen molar-refractivity contribution in [1.29, 1.82) is 0 Å². The maximum absolute atomic E-state index is 13.3. The summed E-state index contributed by atoms with van der Waals surface area (Å²) >= 11 is 0. The fourth-order valence-electron chi connectivity index (χ4n) is 4.12. The van der Waals surface area contributed by atoms with Crippen molar-refractivity contribution in [3.8, 4) is 5.69 Å². The van der Waals surface area contributed by atoms with Gasteiger partial charge in [0.2, 0.25) is 5.91 Å². The average Bonchev–Trinajstić information content (AvgIpc) is 3.06. The number of carbonyl (C=O) groups is 1. The topological polar surface area (TPSA) is 41.4 Å². The number of hydrogen-bond acceptors (Lipinski definition) is 3. The summed E-state index contributed by atoms with van der Waals surface area (Å²) in [7, 11) is 2.09. The van der Waals surface area contributed by atoms with Gasteiger partial charge < -0.3 is 9.80 Å². The Bertz CT molecular complexity index is 1090. The standard InChI is InChI=1S/C25H27FN4O/c1-18-23(19(2)30(27-18)22-11-9-21(26)10-12-22)13-14-25(31)29-16-15-28(3)17-24(29)20-7-5-4-6-8-20/h4-14,24H,15-17H2,1-3H3/b14-13+. The van der Waals surface area contributed by atoms with Crippen LogP contribution in [-0.4, -0.2) is 52.2 Å². The van der Waals surface area contributed by atoms with Gasteiger partial charge in [0, 0.05) is 37.0 Å². The molecule has 1 unspecified atom stereocenters. The molecule has 1 fully saturated rings. The number of carbonyl (C=O) groups excluding carboxylic acids is 1. The van der Waals surface area contributed by atoms with Crippen LogP contribution in [0.4, 0.5) is 4.39 Å². The second-order valence-corrected chi connectivity index (χ2v) is 8.03. The molecule has 0 N–H and O–H groups in total. The molecule has 1 amide bonds. The van der Waals surface area contributed by atoms with Gasteiger partial charge in [-0.25, -0.2) is 9.07 Å². The number of piperazine rings is 1. The number of rotatable bonds is 4. The van der Waals surface area contributed by atoms with E-state index in [2.05, 4.69) is 29.2 Å². The number of aryl methyl sites for hydroxylation is 1. The highest BCUT2D eigenvalue weighted by Gasteiger charge is 2.29. The predicted octanol–water partition coefficient (Wildman–Crippen LogP) is 4.16. The molecule has 6 heteroatoms. The van der Waals surface area contributed by atoms with Crippen LogP contribution in [0.25, 0.3) is 11.8 Å². The molecule has 4 rings (SSSR count). The van der Waals surface area contributed by atoms with Gasteiger partial charge in [-0.3, -0.25) is 4.79 Å². The van der Waals surface area contributed by atoms with Crippen molar-refractivity contribution in [2.75, 3.05) is 26.7 Å². The van der Waals surface area contributed by atoms with Crippen LogP contribution in [0.2, 0.25) is 0 Å². The van der Waals surface area contributed by atoms with Crippen LogP contribution in [0.3, 0.4) is 0 Å². The van der Waals surface area contributed by atoms with Gasteiger partial charge in [-0.2, -0.15) is 5.10 Å². The van der Waals surface area contributed by atoms with E-state index < -0.39 is 0 Å². The number of benzene rings is 2. The van der Waals surface area contributed by atoms with Crippen molar-refractivity contribution in [2.45, 2.75) is 19.9 Å². The predicted molar refractivity (Wildman–Crippen MR) is 120 cm³/mol.